The van der Waals surface area contributed by atoms with Crippen molar-refractivity contribution in [3.05, 3.63) is 461 Å². The first kappa shape index (κ1) is 92.7. The Morgan fingerprint density at radius 3 is 0.564 bits per heavy atom. The second kappa shape index (κ2) is 35.8. The molecule has 0 radical (unpaired) electrons. The zero-order valence-corrected chi connectivity index (χ0v) is 87.4. The molecule has 0 saturated heterocycles. The van der Waals surface area contributed by atoms with Crippen molar-refractivity contribution in [1.82, 2.24) is 41.1 Å². The maximum Gasteiger partial charge on any atom is 0.0541 e. The van der Waals surface area contributed by atoms with Crippen molar-refractivity contribution in [3.63, 3.8) is 0 Å². The highest BCUT2D eigenvalue weighted by Gasteiger charge is 2.29. The Hall–Kier alpha value is -17.4. The van der Waals surface area contributed by atoms with Crippen molar-refractivity contribution in [1.29, 1.82) is 0 Å². The van der Waals surface area contributed by atoms with Gasteiger partial charge in [0.1, 0.15) is 0 Å². The standard InChI is InChI=1S/2C34H28N2.2C28H24N2.C16H17N/c1-34(2,3)36-32-16-10-8-13-26(32)28-19-17-24(22-33(28)36)23-18-20-31-29(21-23)27-14-7-9-15-30(27)35(31)25-11-5-4-6-12-25;1-34(2,3)36-32-16-10-8-14-27(32)29-22-24(18-20-33(29)36)23-17-19-31-28(21-23)26-13-7-9-15-30(26)35(31)25-11-5-4-6-12-25;1-28(2,3)30-26-15-9-6-12-22(26)23-18-19(16-17-27(23)30)29-24-13-7-4-10-20(24)21-11-5-8-14-25(21)29;1-28(2,3)30-26-15-9-6-12-22(26)23-17-16-19(18-27(23)30)29-24-13-7-4-10-20(24)21-11-5-8-14-25(21)29;1-16(2,3)17-14-10-6-4-8-12(14)13-9-5-7-11-15(13)17/h2*4-22H,1-3H3;2*4-18H,1-3H3;4-11H,1-3H3. The Balaban J connectivity index is 0.0000000982. The van der Waals surface area contributed by atoms with Crippen molar-refractivity contribution < 1.29 is 0 Å². The van der Waals surface area contributed by atoms with Crippen LogP contribution < -0.4 is 0 Å². The zero-order valence-electron chi connectivity index (χ0n) is 87.4. The van der Waals surface area contributed by atoms with Gasteiger partial charge in [0.2, 0.25) is 0 Å². The molecule has 29 aromatic rings. The monoisotopic (exact) mass is 1930 g/mol. The van der Waals surface area contributed by atoms with Crippen LogP contribution in [0.5, 0.6) is 0 Å². The number of aromatic nitrogens is 9. The van der Waals surface area contributed by atoms with Crippen LogP contribution in [0.2, 0.25) is 0 Å². The van der Waals surface area contributed by atoms with Crippen LogP contribution in [0.15, 0.2) is 461 Å². The lowest BCUT2D eigenvalue weighted by atomic mass is 10.0. The summed E-state index contributed by atoms with van der Waals surface area (Å²) in [5, 5.41) is 23.5. The number of fused-ring (bicyclic) bond motifs is 27. The third-order valence-electron chi connectivity index (χ3n) is 30.3. The average molecular weight is 1930 g/mol. The van der Waals surface area contributed by atoms with Gasteiger partial charge in [0.05, 0.1) is 55.2 Å². The van der Waals surface area contributed by atoms with Gasteiger partial charge in [-0.1, -0.05) is 291 Å². The summed E-state index contributed by atoms with van der Waals surface area (Å²) in [5.41, 5.74) is 32.7. The Kier molecular flexibility index (Phi) is 22.3. The SMILES string of the molecule is CC(C)(C)n1c2ccccc2c2cc(-c3ccc4c(c3)c3ccccc3n4-c3ccccc3)ccc21.CC(C)(C)n1c2ccccc2c2cc(-n3c4ccccc4c4ccccc43)ccc21.CC(C)(C)n1c2ccccc2c2ccc(-c3ccc4c(c3)c3ccccc3n4-c3ccccc3)cc21.CC(C)(C)n1c2ccccc2c2ccc(-n3c4ccccc4c4ccccc43)cc21.CC(C)(C)n1c2ccccc2c2ccccc21. The van der Waals surface area contributed by atoms with Crippen LogP contribution in [0.1, 0.15) is 104 Å². The summed E-state index contributed by atoms with van der Waals surface area (Å²) >= 11 is 0. The van der Waals surface area contributed by atoms with Gasteiger partial charge in [0, 0.05) is 192 Å². The predicted molar refractivity (Wildman–Crippen MR) is 640 cm³/mol. The number of hydrogen-bond donors (Lipinski definition) is 0. The minimum absolute atomic E-state index is 0.00104. The van der Waals surface area contributed by atoms with Crippen LogP contribution in [-0.2, 0) is 27.7 Å². The van der Waals surface area contributed by atoms with E-state index in [1.54, 1.807) is 0 Å². The summed E-state index contributed by atoms with van der Waals surface area (Å²) in [6.45, 7) is 34.2. The molecule has 0 saturated carbocycles. The van der Waals surface area contributed by atoms with Gasteiger partial charge in [-0.3, -0.25) is 0 Å². The summed E-state index contributed by atoms with van der Waals surface area (Å²) in [7, 11) is 0. The molecule has 0 N–H and O–H groups in total. The molecule has 726 valence electrons. The molecule has 9 heteroatoms. The van der Waals surface area contributed by atoms with Crippen LogP contribution in [0.4, 0.5) is 0 Å². The van der Waals surface area contributed by atoms with E-state index in [4.69, 9.17) is 0 Å². The van der Waals surface area contributed by atoms with Crippen molar-refractivity contribution >= 4 is 196 Å². The molecule has 9 heterocycles. The van der Waals surface area contributed by atoms with Gasteiger partial charge in [-0.15, -0.1) is 0 Å². The molecule has 0 spiro atoms. The largest absolute Gasteiger partial charge is 0.335 e. The van der Waals surface area contributed by atoms with Gasteiger partial charge in [-0.25, -0.2) is 0 Å². The van der Waals surface area contributed by atoms with E-state index in [0.717, 1.165) is 0 Å². The first-order valence-corrected chi connectivity index (χ1v) is 52.5. The van der Waals surface area contributed by atoms with E-state index >= 15 is 0 Å². The van der Waals surface area contributed by atoms with Gasteiger partial charge < -0.3 is 41.1 Å². The molecule has 29 rings (SSSR count). The Bertz CT molecular complexity index is 10100. The Morgan fingerprint density at radius 2 is 0.268 bits per heavy atom. The molecule has 0 aliphatic rings. The average Bonchev–Trinajstić information content (AvgIpc) is 1.58. The van der Waals surface area contributed by atoms with Crippen molar-refractivity contribution in [3.8, 4) is 45.0 Å². The molecule has 0 amide bonds. The van der Waals surface area contributed by atoms with Crippen LogP contribution in [0.3, 0.4) is 0 Å². The summed E-state index contributed by atoms with van der Waals surface area (Å²) in [6, 6.07) is 167. The maximum atomic E-state index is 2.49. The minimum atomic E-state index is -0.0208. The lowest BCUT2D eigenvalue weighted by molar-refractivity contribution is 0.423. The maximum absolute atomic E-state index is 2.49. The molecular formula is C140H121N9. The van der Waals surface area contributed by atoms with Crippen molar-refractivity contribution in [2.75, 3.05) is 0 Å². The molecule has 9 aromatic heterocycles. The predicted octanol–water partition coefficient (Wildman–Crippen LogP) is 38.5. The quantitative estimate of drug-likeness (QED) is 0.159. The smallest absolute Gasteiger partial charge is 0.0541 e. The number of rotatable bonds is 6. The van der Waals surface area contributed by atoms with E-state index in [-0.39, 0.29) is 27.7 Å². The first-order valence-electron chi connectivity index (χ1n) is 52.5. The lowest BCUT2D eigenvalue weighted by Gasteiger charge is -2.24. The normalized spacial score (nSPS) is 12.4. The highest BCUT2D eigenvalue weighted by molar-refractivity contribution is 6.18. The highest BCUT2D eigenvalue weighted by atomic mass is 15.1. The van der Waals surface area contributed by atoms with E-state index < -0.39 is 0 Å². The van der Waals surface area contributed by atoms with Crippen molar-refractivity contribution in [2.45, 2.75) is 132 Å². The molecule has 0 aliphatic heterocycles. The van der Waals surface area contributed by atoms with E-state index in [2.05, 4.69) is 606 Å². The van der Waals surface area contributed by atoms with Crippen LogP contribution in [-0.4, -0.2) is 41.1 Å². The minimum Gasteiger partial charge on any atom is -0.335 e. The summed E-state index contributed by atoms with van der Waals surface area (Å²) in [4.78, 5) is 0. The molecule has 0 unspecified atom stereocenters. The topological polar surface area (TPSA) is 44.4 Å². The van der Waals surface area contributed by atoms with Gasteiger partial charge >= 0.3 is 0 Å². The molecule has 0 bridgehead atoms. The van der Waals surface area contributed by atoms with Crippen LogP contribution in [0, 0.1) is 0 Å². The molecule has 20 aromatic carbocycles. The fourth-order valence-electron chi connectivity index (χ4n) is 24.5. The van der Waals surface area contributed by atoms with E-state index in [9.17, 15) is 0 Å². The Labute approximate surface area is 868 Å². The highest BCUT2D eigenvalue weighted by Crippen LogP contribution is 2.47. The number of hydrogen-bond acceptors (Lipinski definition) is 0. The van der Waals surface area contributed by atoms with Gasteiger partial charge in [0.25, 0.3) is 0 Å². The second-order valence-electron chi connectivity index (χ2n) is 45.1. The van der Waals surface area contributed by atoms with E-state index in [0.29, 0.717) is 0 Å². The van der Waals surface area contributed by atoms with Gasteiger partial charge in [-0.05, 0) is 296 Å². The van der Waals surface area contributed by atoms with Gasteiger partial charge in [0.15, 0.2) is 0 Å². The third kappa shape index (κ3) is 15.7. The molecule has 9 nitrogen and oxygen atoms in total. The van der Waals surface area contributed by atoms with E-state index in [1.807, 2.05) is 0 Å². The molecule has 0 fully saturated rings. The fourth-order valence-corrected chi connectivity index (χ4v) is 24.5. The lowest BCUT2D eigenvalue weighted by Crippen LogP contribution is -2.21. The summed E-state index contributed by atoms with van der Waals surface area (Å²) in [5.74, 6) is 0. The first-order chi connectivity index (χ1) is 72.2. The number of nitrogens with zero attached hydrogens (tertiary/aromatic N) is 9. The van der Waals surface area contributed by atoms with Gasteiger partial charge in [-0.2, -0.15) is 0 Å². The summed E-state index contributed by atoms with van der Waals surface area (Å²) < 4.78 is 21.9. The van der Waals surface area contributed by atoms with E-state index in [1.165, 1.54) is 241 Å². The number of para-hydroxylation sites is 14. The third-order valence-corrected chi connectivity index (χ3v) is 30.3. The Morgan fingerprint density at radius 1 is 0.107 bits per heavy atom. The molecule has 149 heavy (non-hydrogen) atoms. The fraction of sp³-hybridized carbons (Fsp3) is 0.143. The second-order valence-corrected chi connectivity index (χ2v) is 45.1. The van der Waals surface area contributed by atoms with Crippen LogP contribution >= 0.6 is 0 Å². The molecular weight excluding hydrogens is 1810 g/mol. The zero-order chi connectivity index (χ0) is 102. The number of benzene rings is 20. The summed E-state index contributed by atoms with van der Waals surface area (Å²) in [6.07, 6.45) is 0. The molecule has 0 atom stereocenters. The van der Waals surface area contributed by atoms with Crippen molar-refractivity contribution in [2.24, 2.45) is 0 Å². The molecule has 0 aliphatic carbocycles. The van der Waals surface area contributed by atoms with Crippen LogP contribution in [0.25, 0.3) is 241 Å².